The van der Waals surface area contributed by atoms with E-state index in [1.807, 2.05) is 24.4 Å². The highest BCUT2D eigenvalue weighted by atomic mass is 16.4. The summed E-state index contributed by atoms with van der Waals surface area (Å²) >= 11 is 0. The van der Waals surface area contributed by atoms with Crippen molar-refractivity contribution in [1.29, 1.82) is 0 Å². The molecule has 4 nitrogen and oxygen atoms in total. The summed E-state index contributed by atoms with van der Waals surface area (Å²) in [6, 6.07) is 20.8. The third kappa shape index (κ3) is 3.84. The summed E-state index contributed by atoms with van der Waals surface area (Å²) < 4.78 is 0. The number of rotatable bonds is 6. The van der Waals surface area contributed by atoms with E-state index in [0.717, 1.165) is 39.5 Å². The van der Waals surface area contributed by atoms with E-state index >= 15 is 0 Å². The smallest absolute Gasteiger partial charge is 0.303 e. The van der Waals surface area contributed by atoms with Crippen molar-refractivity contribution in [2.45, 2.75) is 19.4 Å². The van der Waals surface area contributed by atoms with Gasteiger partial charge in [-0.1, -0.05) is 54.6 Å². The van der Waals surface area contributed by atoms with Gasteiger partial charge in [0.15, 0.2) is 0 Å². The van der Waals surface area contributed by atoms with Crippen LogP contribution in [0, 0.1) is 0 Å². The van der Waals surface area contributed by atoms with E-state index in [2.05, 4.69) is 61.5 Å². The molecule has 0 amide bonds. The molecule has 0 fully saturated rings. The number of hydrogen-bond acceptors (Lipinski definition) is 3. The molecule has 1 N–H and O–H groups in total. The molecule has 0 atom stereocenters. The lowest BCUT2D eigenvalue weighted by atomic mass is 9.93. The van der Waals surface area contributed by atoms with Gasteiger partial charge in [0.1, 0.15) is 0 Å². The predicted molar refractivity (Wildman–Crippen MR) is 118 cm³/mol. The Hall–Kier alpha value is -3.24. The topological polar surface area (TPSA) is 53.4 Å². The number of benzene rings is 3. The Morgan fingerprint density at radius 1 is 0.862 bits per heavy atom. The van der Waals surface area contributed by atoms with Crippen LogP contribution in [0.5, 0.6) is 0 Å². The summed E-state index contributed by atoms with van der Waals surface area (Å²) in [7, 11) is 4.15. The lowest BCUT2D eigenvalue weighted by Crippen LogP contribution is -2.10. The van der Waals surface area contributed by atoms with Gasteiger partial charge < -0.3 is 10.0 Å². The van der Waals surface area contributed by atoms with Crippen LogP contribution in [-0.4, -0.2) is 35.1 Å². The third-order valence-electron chi connectivity index (χ3n) is 5.26. The first kappa shape index (κ1) is 19.1. The largest absolute Gasteiger partial charge is 0.481 e. The van der Waals surface area contributed by atoms with E-state index in [1.54, 1.807) is 0 Å². The Morgan fingerprint density at radius 3 is 2.28 bits per heavy atom. The van der Waals surface area contributed by atoms with Crippen molar-refractivity contribution in [3.63, 3.8) is 0 Å². The minimum atomic E-state index is -0.776. The molecule has 0 saturated carbocycles. The summed E-state index contributed by atoms with van der Waals surface area (Å²) in [5.41, 5.74) is 4.37. The van der Waals surface area contributed by atoms with E-state index in [0.29, 0.717) is 6.42 Å². The molecular weight excluding hydrogens is 360 g/mol. The molecule has 4 heteroatoms. The van der Waals surface area contributed by atoms with E-state index < -0.39 is 5.97 Å². The maximum Gasteiger partial charge on any atom is 0.303 e. The second-order valence-electron chi connectivity index (χ2n) is 7.62. The molecule has 0 radical (unpaired) electrons. The summed E-state index contributed by atoms with van der Waals surface area (Å²) in [6.45, 7) is 0.871. The molecule has 146 valence electrons. The number of aromatic nitrogens is 1. The van der Waals surface area contributed by atoms with Crippen LogP contribution in [0.1, 0.15) is 17.5 Å². The zero-order chi connectivity index (χ0) is 20.4. The average Bonchev–Trinajstić information content (AvgIpc) is 2.71. The maximum atomic E-state index is 11.0. The lowest BCUT2D eigenvalue weighted by Gasteiger charge is -2.15. The van der Waals surface area contributed by atoms with Gasteiger partial charge in [-0.15, -0.1) is 0 Å². The van der Waals surface area contributed by atoms with Gasteiger partial charge in [-0.3, -0.25) is 9.78 Å². The Labute approximate surface area is 170 Å². The van der Waals surface area contributed by atoms with E-state index in [4.69, 9.17) is 10.1 Å². The summed E-state index contributed by atoms with van der Waals surface area (Å²) in [5, 5.41) is 13.6. The monoisotopic (exact) mass is 384 g/mol. The van der Waals surface area contributed by atoms with Crippen LogP contribution >= 0.6 is 0 Å². The second kappa shape index (κ2) is 8.02. The van der Waals surface area contributed by atoms with Crippen LogP contribution in [0.4, 0.5) is 0 Å². The van der Waals surface area contributed by atoms with Gasteiger partial charge in [0.05, 0.1) is 5.69 Å². The van der Waals surface area contributed by atoms with E-state index in [9.17, 15) is 4.79 Å². The zero-order valence-corrected chi connectivity index (χ0v) is 16.7. The number of aliphatic carboxylic acids is 1. The lowest BCUT2D eigenvalue weighted by molar-refractivity contribution is -0.136. The Bertz CT molecular complexity index is 1200. The standard InChI is InChI=1S/C25H24N2O2/c1-27(2)16-18-7-4-10-22-20(18)14-15-26-25(22)23-11-5-8-19-17(12-13-24(28)29)6-3-9-21(19)23/h3-11,14-15H,12-13,16H2,1-2H3,(H,28,29). The average molecular weight is 384 g/mol. The van der Waals surface area contributed by atoms with Crippen LogP contribution in [-0.2, 0) is 17.8 Å². The van der Waals surface area contributed by atoms with Gasteiger partial charge in [-0.25, -0.2) is 0 Å². The number of carboxylic acid groups (broad SMARTS) is 1. The Kier molecular flexibility index (Phi) is 5.28. The number of fused-ring (bicyclic) bond motifs is 2. The van der Waals surface area contributed by atoms with Crippen LogP contribution in [0.15, 0.2) is 66.9 Å². The minimum Gasteiger partial charge on any atom is -0.481 e. The van der Waals surface area contributed by atoms with Crippen molar-refractivity contribution in [3.05, 3.63) is 78.0 Å². The van der Waals surface area contributed by atoms with Gasteiger partial charge in [-0.2, -0.15) is 0 Å². The number of nitrogens with zero attached hydrogens (tertiary/aromatic N) is 2. The van der Waals surface area contributed by atoms with Crippen molar-refractivity contribution < 1.29 is 9.90 Å². The summed E-state index contributed by atoms with van der Waals surface area (Å²) in [6.07, 6.45) is 2.53. The molecular formula is C25H24N2O2. The van der Waals surface area contributed by atoms with Gasteiger partial charge in [-0.05, 0) is 53.9 Å². The van der Waals surface area contributed by atoms with Gasteiger partial charge >= 0.3 is 5.97 Å². The fraction of sp³-hybridized carbons (Fsp3) is 0.200. The Balaban J connectivity index is 1.90. The van der Waals surface area contributed by atoms with Gasteiger partial charge in [0.2, 0.25) is 0 Å². The molecule has 0 aliphatic carbocycles. The molecule has 0 saturated heterocycles. The molecule has 0 unspecified atom stereocenters. The molecule has 29 heavy (non-hydrogen) atoms. The van der Waals surface area contributed by atoms with Crippen molar-refractivity contribution in [1.82, 2.24) is 9.88 Å². The number of carboxylic acids is 1. The number of aryl methyl sites for hydroxylation is 1. The molecule has 0 aliphatic rings. The molecule has 0 aliphatic heterocycles. The normalized spacial score (nSPS) is 11.4. The van der Waals surface area contributed by atoms with Crippen LogP contribution in [0.2, 0.25) is 0 Å². The predicted octanol–water partition coefficient (Wildman–Crippen LogP) is 5.13. The number of carbonyl (C=O) groups is 1. The van der Waals surface area contributed by atoms with Gasteiger partial charge in [0.25, 0.3) is 0 Å². The first-order valence-electron chi connectivity index (χ1n) is 9.78. The quantitative estimate of drug-likeness (QED) is 0.500. The van der Waals surface area contributed by atoms with E-state index in [1.165, 1.54) is 10.9 Å². The molecule has 0 bridgehead atoms. The van der Waals surface area contributed by atoms with Crippen molar-refractivity contribution in [3.8, 4) is 11.3 Å². The second-order valence-corrected chi connectivity index (χ2v) is 7.62. The van der Waals surface area contributed by atoms with Crippen LogP contribution < -0.4 is 0 Å². The first-order chi connectivity index (χ1) is 14.0. The van der Waals surface area contributed by atoms with Crippen LogP contribution in [0.3, 0.4) is 0 Å². The summed E-state index contributed by atoms with van der Waals surface area (Å²) in [4.78, 5) is 18.0. The minimum absolute atomic E-state index is 0.129. The maximum absolute atomic E-state index is 11.0. The third-order valence-corrected chi connectivity index (χ3v) is 5.26. The number of pyridine rings is 1. The van der Waals surface area contributed by atoms with Crippen molar-refractivity contribution >= 4 is 27.5 Å². The fourth-order valence-corrected chi connectivity index (χ4v) is 4.01. The van der Waals surface area contributed by atoms with Crippen LogP contribution in [0.25, 0.3) is 32.8 Å². The molecule has 1 heterocycles. The first-order valence-corrected chi connectivity index (χ1v) is 9.78. The molecule has 4 rings (SSSR count). The highest BCUT2D eigenvalue weighted by Gasteiger charge is 2.13. The van der Waals surface area contributed by atoms with Crippen molar-refractivity contribution in [2.24, 2.45) is 0 Å². The van der Waals surface area contributed by atoms with Gasteiger partial charge in [0, 0.05) is 30.1 Å². The molecule has 0 spiro atoms. The summed E-state index contributed by atoms with van der Waals surface area (Å²) in [5.74, 6) is -0.776. The fourth-order valence-electron chi connectivity index (χ4n) is 4.01. The number of hydrogen-bond donors (Lipinski definition) is 1. The van der Waals surface area contributed by atoms with E-state index in [-0.39, 0.29) is 6.42 Å². The molecule has 1 aromatic heterocycles. The SMILES string of the molecule is CN(C)Cc1cccc2c(-c3cccc4c(CCC(=O)O)cccc34)nccc12. The zero-order valence-electron chi connectivity index (χ0n) is 16.7. The molecule has 4 aromatic rings. The van der Waals surface area contributed by atoms with Crippen molar-refractivity contribution in [2.75, 3.05) is 14.1 Å². The highest BCUT2D eigenvalue weighted by molar-refractivity contribution is 6.05. The Morgan fingerprint density at radius 2 is 1.52 bits per heavy atom. The highest BCUT2D eigenvalue weighted by Crippen LogP contribution is 2.34. The molecule has 3 aromatic carbocycles.